The molecule has 1 rings (SSSR count). The van der Waals surface area contributed by atoms with Crippen molar-refractivity contribution in [3.8, 4) is 0 Å². The number of aryl methyl sites for hydroxylation is 2. The third kappa shape index (κ3) is 2.64. The van der Waals surface area contributed by atoms with Gasteiger partial charge in [0.15, 0.2) is 0 Å². The Kier molecular flexibility index (Phi) is 3.52. The van der Waals surface area contributed by atoms with E-state index in [9.17, 15) is 0 Å². The molecule has 9 heavy (non-hydrogen) atoms. The zero-order valence-electron chi connectivity index (χ0n) is 5.97. The Labute approximate surface area is 66.9 Å². The van der Waals surface area contributed by atoms with E-state index in [4.69, 9.17) is 0 Å². The van der Waals surface area contributed by atoms with Crippen molar-refractivity contribution in [2.24, 2.45) is 0 Å². The molecule has 0 radical (unpaired) electrons. The van der Waals surface area contributed by atoms with Crippen LogP contribution in [-0.4, -0.2) is 9.97 Å². The van der Waals surface area contributed by atoms with Gasteiger partial charge in [-0.05, 0) is 18.8 Å². The van der Waals surface area contributed by atoms with Crippen LogP contribution >= 0.6 is 0 Å². The molecule has 0 saturated heterocycles. The van der Waals surface area contributed by atoms with Crippen LogP contribution in [0.3, 0.4) is 0 Å². The molecule has 0 N–H and O–H groups in total. The van der Waals surface area contributed by atoms with Gasteiger partial charge in [-0.3, -0.25) is 4.98 Å². The van der Waals surface area contributed by atoms with E-state index in [0.717, 1.165) is 11.4 Å². The zero-order chi connectivity index (χ0) is 5.98. The Hall–Kier alpha value is -0.323. The molecule has 1 aromatic heterocycles. The molecule has 0 aliphatic heterocycles. The number of hydrogen-bond donors (Lipinski definition) is 0. The van der Waals surface area contributed by atoms with Gasteiger partial charge in [-0.15, -0.1) is 6.20 Å². The molecule has 0 spiro atoms. The minimum Gasteiger partial charge on any atom is -0.453 e. The molecule has 0 aromatic carbocycles. The van der Waals surface area contributed by atoms with Gasteiger partial charge in [-0.1, -0.05) is 12.6 Å². The molecular formula is C6H7LiN2. The van der Waals surface area contributed by atoms with Gasteiger partial charge >= 0.3 is 18.9 Å². The van der Waals surface area contributed by atoms with E-state index in [1.54, 1.807) is 6.20 Å². The van der Waals surface area contributed by atoms with Crippen LogP contribution in [0.1, 0.15) is 11.4 Å². The predicted octanol–water partition coefficient (Wildman–Crippen LogP) is -2.10. The van der Waals surface area contributed by atoms with Crippen LogP contribution in [0.25, 0.3) is 0 Å². The van der Waals surface area contributed by atoms with Crippen LogP contribution in [-0.2, 0) is 0 Å². The van der Waals surface area contributed by atoms with E-state index in [0.29, 0.717) is 0 Å². The summed E-state index contributed by atoms with van der Waals surface area (Å²) >= 11 is 0. The summed E-state index contributed by atoms with van der Waals surface area (Å²) in [5, 5.41) is 0. The minimum atomic E-state index is 0. The maximum absolute atomic E-state index is 3.96. The van der Waals surface area contributed by atoms with Gasteiger partial charge in [-0.2, -0.15) is 0 Å². The molecular weight excluding hydrogens is 107 g/mol. The molecule has 3 heteroatoms. The van der Waals surface area contributed by atoms with Crippen LogP contribution in [0.4, 0.5) is 0 Å². The van der Waals surface area contributed by atoms with E-state index < -0.39 is 0 Å². The first-order valence-electron chi connectivity index (χ1n) is 2.47. The van der Waals surface area contributed by atoms with Crippen molar-refractivity contribution in [2.75, 3.05) is 0 Å². The van der Waals surface area contributed by atoms with Gasteiger partial charge < -0.3 is 4.98 Å². The molecule has 0 fully saturated rings. The fraction of sp³-hybridized carbons (Fsp3) is 0.333. The molecule has 0 bridgehead atoms. The first-order valence-corrected chi connectivity index (χ1v) is 2.47. The van der Waals surface area contributed by atoms with Crippen LogP contribution in [0, 0.1) is 20.0 Å². The molecule has 0 aliphatic rings. The molecule has 2 nitrogen and oxygen atoms in total. The second-order valence-corrected chi connectivity index (χ2v) is 1.71. The number of hydrogen-bond acceptors (Lipinski definition) is 2. The maximum Gasteiger partial charge on any atom is 1.00 e. The normalized spacial score (nSPS) is 8.22. The summed E-state index contributed by atoms with van der Waals surface area (Å²) < 4.78 is 0. The monoisotopic (exact) mass is 114 g/mol. The second-order valence-electron chi connectivity index (χ2n) is 1.71. The third-order valence-electron chi connectivity index (χ3n) is 0.839. The minimum absolute atomic E-state index is 0. The average Bonchev–Trinajstić information content (AvgIpc) is 1.77. The van der Waals surface area contributed by atoms with E-state index in [1.165, 1.54) is 0 Å². The van der Waals surface area contributed by atoms with Crippen molar-refractivity contribution in [3.05, 3.63) is 23.8 Å². The summed E-state index contributed by atoms with van der Waals surface area (Å²) in [5.41, 5.74) is 1.76. The summed E-state index contributed by atoms with van der Waals surface area (Å²) in [6, 6.07) is 0. The molecule has 0 aliphatic carbocycles. The largest absolute Gasteiger partial charge is 1.00 e. The van der Waals surface area contributed by atoms with Gasteiger partial charge in [0.2, 0.25) is 0 Å². The quantitative estimate of drug-likeness (QED) is 0.285. The molecule has 1 heterocycles. The summed E-state index contributed by atoms with van der Waals surface area (Å²) in [5.74, 6) is 0. The van der Waals surface area contributed by atoms with Gasteiger partial charge in [0, 0.05) is 0 Å². The first kappa shape index (κ1) is 8.68. The van der Waals surface area contributed by atoms with Gasteiger partial charge in [0.1, 0.15) is 0 Å². The average molecular weight is 114 g/mol. The topological polar surface area (TPSA) is 25.8 Å². The van der Waals surface area contributed by atoms with Crippen molar-refractivity contribution >= 4 is 0 Å². The van der Waals surface area contributed by atoms with E-state index in [1.807, 2.05) is 13.8 Å². The van der Waals surface area contributed by atoms with Crippen molar-refractivity contribution in [1.82, 2.24) is 9.97 Å². The standard InChI is InChI=1S/C6H7N2.Li/c1-5-3-8-6(2)4-7-5;/h3H,1-2H3;/q-1;+1. The van der Waals surface area contributed by atoms with Gasteiger partial charge in [0.05, 0.1) is 0 Å². The number of nitrogens with zero attached hydrogens (tertiary/aromatic N) is 2. The fourth-order valence-corrected chi connectivity index (χ4v) is 0.417. The molecule has 1 aromatic rings. The number of aromatic nitrogens is 2. The van der Waals surface area contributed by atoms with Crippen LogP contribution in [0.2, 0.25) is 0 Å². The first-order chi connectivity index (χ1) is 3.79. The second kappa shape index (κ2) is 3.66. The van der Waals surface area contributed by atoms with Crippen molar-refractivity contribution in [1.29, 1.82) is 0 Å². The summed E-state index contributed by atoms with van der Waals surface area (Å²) in [7, 11) is 0. The Morgan fingerprint density at radius 2 is 2.11 bits per heavy atom. The number of rotatable bonds is 0. The predicted molar refractivity (Wildman–Crippen MR) is 30.3 cm³/mol. The van der Waals surface area contributed by atoms with Crippen LogP contribution in [0.15, 0.2) is 6.20 Å². The SMILES string of the molecule is Cc1[c-]nc(C)cn1.[Li+]. The molecule has 0 atom stereocenters. The van der Waals surface area contributed by atoms with E-state index in [-0.39, 0.29) is 18.9 Å². The van der Waals surface area contributed by atoms with Crippen LogP contribution < -0.4 is 18.9 Å². The molecule has 42 valence electrons. The molecule has 0 amide bonds. The van der Waals surface area contributed by atoms with E-state index in [2.05, 4.69) is 16.2 Å². The van der Waals surface area contributed by atoms with Crippen molar-refractivity contribution in [3.63, 3.8) is 0 Å². The van der Waals surface area contributed by atoms with Gasteiger partial charge in [-0.25, -0.2) is 0 Å². The Bertz CT molecular complexity index is 150. The molecule has 0 unspecified atom stereocenters. The fourth-order valence-electron chi connectivity index (χ4n) is 0.417. The smallest absolute Gasteiger partial charge is 0.453 e. The Morgan fingerprint density at radius 1 is 1.44 bits per heavy atom. The third-order valence-corrected chi connectivity index (χ3v) is 0.839. The van der Waals surface area contributed by atoms with Crippen molar-refractivity contribution < 1.29 is 18.9 Å². The Morgan fingerprint density at radius 3 is 2.44 bits per heavy atom. The summed E-state index contributed by atoms with van der Waals surface area (Å²) in [6.45, 7) is 3.76. The Balaban J connectivity index is 0.000000640. The maximum atomic E-state index is 3.96. The zero-order valence-corrected chi connectivity index (χ0v) is 5.97. The van der Waals surface area contributed by atoms with Gasteiger partial charge in [0.25, 0.3) is 0 Å². The summed E-state index contributed by atoms with van der Waals surface area (Å²) in [4.78, 5) is 7.85. The van der Waals surface area contributed by atoms with Crippen LogP contribution in [0.5, 0.6) is 0 Å². The van der Waals surface area contributed by atoms with Crippen molar-refractivity contribution in [2.45, 2.75) is 13.8 Å². The van der Waals surface area contributed by atoms with E-state index >= 15 is 0 Å². The molecule has 0 saturated carbocycles. The summed E-state index contributed by atoms with van der Waals surface area (Å²) in [6.07, 6.45) is 4.47.